The molecule has 5 heteroatoms. The highest BCUT2D eigenvalue weighted by Gasteiger charge is 1.97. The van der Waals surface area contributed by atoms with Crippen molar-refractivity contribution in [2.75, 3.05) is 6.54 Å². The van der Waals surface area contributed by atoms with Crippen molar-refractivity contribution in [3.05, 3.63) is 54.1 Å². The minimum absolute atomic E-state index is 0.309. The molecule has 1 aromatic heterocycles. The molecule has 0 aliphatic rings. The molecular weight excluding hydrogens is 276 g/mol. The summed E-state index contributed by atoms with van der Waals surface area (Å²) in [7, 11) is 0. The van der Waals surface area contributed by atoms with Crippen LogP contribution in [0.15, 0.2) is 53.8 Å². The Kier molecular flexibility index (Phi) is 6.36. The van der Waals surface area contributed by atoms with Crippen molar-refractivity contribution >= 4 is 6.03 Å². The average Bonchev–Trinajstić information content (AvgIpc) is 2.56. The van der Waals surface area contributed by atoms with Crippen LogP contribution >= 0.6 is 0 Å². The van der Waals surface area contributed by atoms with Crippen molar-refractivity contribution in [2.45, 2.75) is 32.6 Å². The molecule has 0 saturated heterocycles. The number of benzene rings is 1. The molecule has 116 valence electrons. The molecule has 2 aromatic rings. The van der Waals surface area contributed by atoms with Crippen LogP contribution in [0.4, 0.5) is 4.79 Å². The highest BCUT2D eigenvalue weighted by atomic mass is 16.2. The Balaban J connectivity index is 1.91. The summed E-state index contributed by atoms with van der Waals surface area (Å²) in [5, 5.41) is 7.62. The van der Waals surface area contributed by atoms with Crippen molar-refractivity contribution in [1.29, 1.82) is 0 Å². The summed E-state index contributed by atoms with van der Waals surface area (Å²) in [6, 6.07) is 11.3. The van der Waals surface area contributed by atoms with Crippen LogP contribution < -0.4 is 10.7 Å². The molecule has 0 aliphatic heterocycles. The zero-order chi connectivity index (χ0) is 15.6. The summed E-state index contributed by atoms with van der Waals surface area (Å²) in [4.78, 5) is 15.7. The van der Waals surface area contributed by atoms with Gasteiger partial charge in [-0.1, -0.05) is 44.4 Å². The Hall–Kier alpha value is -2.43. The number of unbranched alkanes of at least 4 members (excludes halogenated alkanes) is 3. The van der Waals surface area contributed by atoms with Crippen LogP contribution in [0.3, 0.4) is 0 Å². The Morgan fingerprint density at radius 1 is 1.18 bits per heavy atom. The quantitative estimate of drug-likeness (QED) is 0.833. The van der Waals surface area contributed by atoms with Crippen LogP contribution in [0.2, 0.25) is 0 Å². The van der Waals surface area contributed by atoms with E-state index in [2.05, 4.69) is 22.3 Å². The van der Waals surface area contributed by atoms with E-state index >= 15 is 0 Å². The Labute approximate surface area is 130 Å². The summed E-state index contributed by atoms with van der Waals surface area (Å²) in [5.74, 6) is 0. The van der Waals surface area contributed by atoms with Crippen molar-refractivity contribution < 1.29 is 4.79 Å². The summed E-state index contributed by atoms with van der Waals surface area (Å²) < 4.78 is 1.74. The van der Waals surface area contributed by atoms with Gasteiger partial charge in [0.2, 0.25) is 0 Å². The van der Waals surface area contributed by atoms with Gasteiger partial charge in [-0.25, -0.2) is 9.48 Å². The Bertz CT molecular complexity index is 629. The van der Waals surface area contributed by atoms with Gasteiger partial charge in [0.05, 0.1) is 17.2 Å². The molecule has 2 rings (SSSR count). The van der Waals surface area contributed by atoms with Crippen LogP contribution in [-0.4, -0.2) is 22.4 Å². The molecule has 1 N–H and O–H groups in total. The van der Waals surface area contributed by atoms with Crippen LogP contribution in [0.1, 0.15) is 32.6 Å². The molecule has 0 spiro atoms. The predicted octanol–water partition coefficient (Wildman–Crippen LogP) is 3.06. The molecule has 0 aliphatic carbocycles. The van der Waals surface area contributed by atoms with Gasteiger partial charge in [0.15, 0.2) is 0 Å². The predicted molar refractivity (Wildman–Crippen MR) is 86.7 cm³/mol. The highest BCUT2D eigenvalue weighted by Crippen LogP contribution is 2.02. The van der Waals surface area contributed by atoms with Gasteiger partial charge >= 0.3 is 6.03 Å². The number of carbonyl (C=O) groups excluding carboxylic acids is 1. The molecule has 1 aromatic carbocycles. The summed E-state index contributed by atoms with van der Waals surface area (Å²) >= 11 is 0. The maximum atomic E-state index is 11.7. The second kappa shape index (κ2) is 8.77. The highest BCUT2D eigenvalue weighted by molar-refractivity contribution is 5.74. The fraction of sp³-hybridized carbons (Fsp3) is 0.353. The largest absolute Gasteiger partial charge is 0.341 e. The van der Waals surface area contributed by atoms with E-state index in [0.29, 0.717) is 11.9 Å². The Morgan fingerprint density at radius 3 is 2.68 bits per heavy atom. The molecular formula is C17H22N4O. The van der Waals surface area contributed by atoms with Crippen LogP contribution in [-0.2, 0) is 0 Å². The van der Waals surface area contributed by atoms with Gasteiger partial charge in [-0.3, -0.25) is 0 Å². The number of urea groups is 1. The van der Waals surface area contributed by atoms with E-state index in [1.54, 1.807) is 23.1 Å². The van der Waals surface area contributed by atoms with E-state index in [0.717, 1.165) is 18.5 Å². The first kappa shape index (κ1) is 15.9. The fourth-order valence-electron chi connectivity index (χ4n) is 2.05. The monoisotopic (exact) mass is 298 g/mol. The van der Waals surface area contributed by atoms with Gasteiger partial charge in [0.25, 0.3) is 0 Å². The molecule has 0 saturated carbocycles. The molecule has 2 amide bonds. The van der Waals surface area contributed by atoms with Crippen molar-refractivity contribution in [3.8, 4) is 5.69 Å². The molecule has 0 bridgehead atoms. The molecule has 0 radical (unpaired) electrons. The zero-order valence-electron chi connectivity index (χ0n) is 12.9. The second-order valence-corrected chi connectivity index (χ2v) is 5.07. The number of rotatable bonds is 6. The maximum Gasteiger partial charge on any atom is 0.341 e. The van der Waals surface area contributed by atoms with Gasteiger partial charge in [-0.2, -0.15) is 10.1 Å². The molecule has 1 heterocycles. The van der Waals surface area contributed by atoms with Crippen molar-refractivity contribution in [3.63, 3.8) is 0 Å². The number of nitrogens with one attached hydrogen (secondary N) is 1. The number of para-hydroxylation sites is 1. The molecule has 22 heavy (non-hydrogen) atoms. The van der Waals surface area contributed by atoms with Crippen LogP contribution in [0, 0.1) is 0 Å². The van der Waals surface area contributed by atoms with Gasteiger partial charge in [0.1, 0.15) is 0 Å². The first-order valence-corrected chi connectivity index (χ1v) is 7.72. The van der Waals surface area contributed by atoms with E-state index in [1.165, 1.54) is 12.8 Å². The average molecular weight is 298 g/mol. The fourth-order valence-corrected chi connectivity index (χ4v) is 2.05. The first-order valence-electron chi connectivity index (χ1n) is 7.72. The number of nitrogens with zero attached hydrogens (tertiary/aromatic N) is 3. The standard InChI is InChI=1S/C17H22N4O/c1-2-3-4-8-12-18-17(22)20-15-11-13-21(19-14-15)16-9-6-5-7-10-16/h5-7,9-11,13-14H,2-4,8,12H2,1H3,(H,18,22). The third-order valence-electron chi connectivity index (χ3n) is 3.26. The third kappa shape index (κ3) is 5.16. The van der Waals surface area contributed by atoms with E-state index in [1.807, 2.05) is 30.3 Å². The maximum absolute atomic E-state index is 11.7. The number of hydrogen-bond donors (Lipinski definition) is 1. The normalized spacial score (nSPS) is 11.4. The van der Waals surface area contributed by atoms with E-state index < -0.39 is 0 Å². The number of amides is 2. The summed E-state index contributed by atoms with van der Waals surface area (Å²) in [6.45, 7) is 2.84. The summed E-state index contributed by atoms with van der Waals surface area (Å²) in [6.07, 6.45) is 7.91. The van der Waals surface area contributed by atoms with Crippen molar-refractivity contribution in [2.24, 2.45) is 4.99 Å². The van der Waals surface area contributed by atoms with E-state index in [9.17, 15) is 4.79 Å². The second-order valence-electron chi connectivity index (χ2n) is 5.07. The van der Waals surface area contributed by atoms with E-state index in [4.69, 9.17) is 0 Å². The van der Waals surface area contributed by atoms with Gasteiger partial charge in [-0.05, 0) is 24.6 Å². The third-order valence-corrected chi connectivity index (χ3v) is 3.26. The molecule has 0 fully saturated rings. The van der Waals surface area contributed by atoms with Gasteiger partial charge in [-0.15, -0.1) is 0 Å². The number of hydrogen-bond acceptors (Lipinski definition) is 2. The van der Waals surface area contributed by atoms with Gasteiger partial charge < -0.3 is 5.32 Å². The molecule has 0 unspecified atom stereocenters. The zero-order valence-corrected chi connectivity index (χ0v) is 12.9. The topological polar surface area (TPSA) is 59.3 Å². The van der Waals surface area contributed by atoms with Crippen molar-refractivity contribution in [1.82, 2.24) is 15.1 Å². The van der Waals surface area contributed by atoms with Crippen LogP contribution in [0.5, 0.6) is 0 Å². The van der Waals surface area contributed by atoms with E-state index in [-0.39, 0.29) is 6.03 Å². The lowest BCUT2D eigenvalue weighted by atomic mass is 10.2. The lowest BCUT2D eigenvalue weighted by Gasteiger charge is -2.03. The lowest BCUT2D eigenvalue weighted by Crippen LogP contribution is -2.23. The lowest BCUT2D eigenvalue weighted by molar-refractivity contribution is 0.248. The summed E-state index contributed by atoms with van der Waals surface area (Å²) in [5.41, 5.74) is 0.967. The van der Waals surface area contributed by atoms with Gasteiger partial charge in [0, 0.05) is 12.7 Å². The molecule has 5 nitrogen and oxygen atoms in total. The Morgan fingerprint density at radius 2 is 2.00 bits per heavy atom. The minimum atomic E-state index is -0.309. The minimum Gasteiger partial charge on any atom is -0.336 e. The SMILES string of the molecule is CCCCCCNC(=O)N=c1ccn(-c2ccccc2)nc1. The van der Waals surface area contributed by atoms with Crippen LogP contribution in [0.25, 0.3) is 5.69 Å². The number of aromatic nitrogens is 2. The smallest absolute Gasteiger partial charge is 0.336 e. The number of carbonyl (C=O) groups is 1. The first-order chi connectivity index (χ1) is 10.8. The molecule has 0 atom stereocenters.